The number of hydrogen-bond donors (Lipinski definition) is 0. The van der Waals surface area contributed by atoms with E-state index in [9.17, 15) is 9.18 Å². The number of methoxy groups -OCH3 is 1. The molecule has 0 unspecified atom stereocenters. The van der Waals surface area contributed by atoms with Gasteiger partial charge >= 0.3 is 5.97 Å². The van der Waals surface area contributed by atoms with Crippen LogP contribution in [0.2, 0.25) is 0 Å². The second kappa shape index (κ2) is 11.9. The van der Waals surface area contributed by atoms with E-state index >= 15 is 0 Å². The Morgan fingerprint density at radius 1 is 1.21 bits per heavy atom. The average Bonchev–Trinajstić information content (AvgIpc) is 2.41. The lowest BCUT2D eigenvalue weighted by molar-refractivity contribution is 0.0594. The molecular formula is C13H18Br3FO2. The maximum atomic E-state index is 13.5. The predicted octanol–water partition coefficient (Wildman–Crippen LogP) is 6.22. The van der Waals surface area contributed by atoms with Crippen molar-refractivity contribution in [2.75, 3.05) is 7.11 Å². The number of hydrogen-bond acceptors (Lipinski definition) is 2. The summed E-state index contributed by atoms with van der Waals surface area (Å²) in [6.45, 7) is 8.00. The molecule has 0 amide bonds. The van der Waals surface area contributed by atoms with Crippen molar-refractivity contribution in [3.63, 3.8) is 0 Å². The molecule has 19 heavy (non-hydrogen) atoms. The van der Waals surface area contributed by atoms with E-state index in [0.29, 0.717) is 10.0 Å². The number of carbonyl (C=O) groups is 1. The Morgan fingerprint density at radius 3 is 2.05 bits per heavy atom. The van der Waals surface area contributed by atoms with Crippen LogP contribution in [0.1, 0.15) is 47.4 Å². The second-order valence-electron chi connectivity index (χ2n) is 2.64. The van der Waals surface area contributed by atoms with Crippen molar-refractivity contribution in [3.05, 3.63) is 33.5 Å². The summed E-state index contributed by atoms with van der Waals surface area (Å²) in [4.78, 5) is 11.4. The van der Waals surface area contributed by atoms with Gasteiger partial charge in [0.15, 0.2) is 0 Å². The van der Waals surface area contributed by atoms with Crippen LogP contribution < -0.4 is 0 Å². The van der Waals surface area contributed by atoms with E-state index in [0.717, 1.165) is 0 Å². The first-order valence-electron chi connectivity index (χ1n) is 5.82. The first-order chi connectivity index (χ1) is 8.97. The smallest absolute Gasteiger partial charge is 0.341 e. The number of carbonyl (C=O) groups excluding carboxylic acids is 1. The van der Waals surface area contributed by atoms with Gasteiger partial charge in [-0.3, -0.25) is 0 Å². The standard InChI is InChI=1S/C9H6Br3FO2.2C2H6/c1-15-9(14)7-5(8(11)12)2-4(10)3-6(7)13;2*1-2/h2-3,8H,1H3;2*1-2H3. The zero-order valence-corrected chi connectivity index (χ0v) is 16.3. The molecule has 1 rings (SSSR count). The number of halogens is 4. The van der Waals surface area contributed by atoms with Crippen LogP contribution in [0.3, 0.4) is 0 Å². The number of benzene rings is 1. The Labute approximate surface area is 139 Å². The summed E-state index contributed by atoms with van der Waals surface area (Å²) >= 11 is 9.59. The van der Waals surface area contributed by atoms with Crippen LogP contribution in [0.5, 0.6) is 0 Å². The third-order valence-electron chi connectivity index (χ3n) is 1.71. The third kappa shape index (κ3) is 6.86. The lowest BCUT2D eigenvalue weighted by Crippen LogP contribution is -2.08. The lowest BCUT2D eigenvalue weighted by atomic mass is 10.1. The third-order valence-corrected chi connectivity index (χ3v) is 3.15. The molecule has 1 aromatic rings. The maximum absolute atomic E-state index is 13.5. The molecule has 0 saturated heterocycles. The average molecular weight is 465 g/mol. The van der Waals surface area contributed by atoms with Crippen LogP contribution in [0.25, 0.3) is 0 Å². The van der Waals surface area contributed by atoms with Crippen LogP contribution in [-0.2, 0) is 4.74 Å². The molecule has 0 N–H and O–H groups in total. The molecule has 0 aliphatic heterocycles. The van der Waals surface area contributed by atoms with Gasteiger partial charge < -0.3 is 4.74 Å². The van der Waals surface area contributed by atoms with Gasteiger partial charge in [0.05, 0.1) is 10.8 Å². The van der Waals surface area contributed by atoms with E-state index in [2.05, 4.69) is 52.5 Å². The number of rotatable bonds is 2. The minimum absolute atomic E-state index is 0.0700. The molecule has 0 aliphatic rings. The highest BCUT2D eigenvalue weighted by molar-refractivity contribution is 9.24. The van der Waals surface area contributed by atoms with Crippen molar-refractivity contribution in [2.45, 2.75) is 31.4 Å². The summed E-state index contributed by atoms with van der Waals surface area (Å²) in [5.74, 6) is -1.31. The molecule has 0 radical (unpaired) electrons. The molecule has 0 aromatic heterocycles. The van der Waals surface area contributed by atoms with Gasteiger partial charge in [0.2, 0.25) is 0 Å². The number of ether oxygens (including phenoxy) is 1. The number of esters is 1. The molecule has 0 spiro atoms. The van der Waals surface area contributed by atoms with Gasteiger partial charge in [0.25, 0.3) is 0 Å². The minimum atomic E-state index is -0.695. The van der Waals surface area contributed by atoms with E-state index in [4.69, 9.17) is 0 Å². The maximum Gasteiger partial charge on any atom is 0.341 e. The van der Waals surface area contributed by atoms with Crippen molar-refractivity contribution < 1.29 is 13.9 Å². The van der Waals surface area contributed by atoms with Gasteiger partial charge in [-0.1, -0.05) is 75.5 Å². The second-order valence-corrected chi connectivity index (χ2v) is 6.62. The zero-order valence-electron chi connectivity index (χ0n) is 11.6. The first kappa shape index (κ1) is 21.4. The van der Waals surface area contributed by atoms with Crippen LogP contribution in [0.15, 0.2) is 16.6 Å². The lowest BCUT2D eigenvalue weighted by Gasteiger charge is -2.10. The highest BCUT2D eigenvalue weighted by Crippen LogP contribution is 2.35. The molecule has 1 aromatic carbocycles. The topological polar surface area (TPSA) is 26.3 Å². The molecular weight excluding hydrogens is 447 g/mol. The van der Waals surface area contributed by atoms with Gasteiger partial charge in [-0.2, -0.15) is 0 Å². The Kier molecular flexibility index (Phi) is 13.3. The molecule has 6 heteroatoms. The van der Waals surface area contributed by atoms with E-state index in [1.807, 2.05) is 27.7 Å². The summed E-state index contributed by atoms with van der Waals surface area (Å²) < 4.78 is 18.3. The van der Waals surface area contributed by atoms with Gasteiger partial charge in [0.1, 0.15) is 11.4 Å². The van der Waals surface area contributed by atoms with Gasteiger partial charge in [-0.15, -0.1) is 0 Å². The zero-order chi connectivity index (χ0) is 15.6. The molecule has 0 fully saturated rings. The Balaban J connectivity index is 0. The van der Waals surface area contributed by atoms with Gasteiger partial charge in [0, 0.05) is 4.47 Å². The normalized spacial score (nSPS) is 8.95. The van der Waals surface area contributed by atoms with Crippen LogP contribution in [0, 0.1) is 5.82 Å². The fraction of sp³-hybridized carbons (Fsp3) is 0.462. The summed E-state index contributed by atoms with van der Waals surface area (Å²) in [5.41, 5.74) is 0.410. The highest BCUT2D eigenvalue weighted by Gasteiger charge is 2.21. The van der Waals surface area contributed by atoms with Crippen molar-refractivity contribution >= 4 is 53.8 Å². The SMILES string of the molecule is CC.CC.COC(=O)c1c(F)cc(Br)cc1C(Br)Br. The highest BCUT2D eigenvalue weighted by atomic mass is 79.9. The van der Waals surface area contributed by atoms with Crippen LogP contribution in [0.4, 0.5) is 4.39 Å². The molecule has 0 bridgehead atoms. The fourth-order valence-corrected chi connectivity index (χ4v) is 2.25. The van der Waals surface area contributed by atoms with E-state index in [-0.39, 0.29) is 9.30 Å². The largest absolute Gasteiger partial charge is 0.465 e. The summed E-state index contributed by atoms with van der Waals surface area (Å²) in [5, 5.41) is 0. The Morgan fingerprint density at radius 2 is 1.68 bits per heavy atom. The van der Waals surface area contributed by atoms with E-state index in [1.54, 1.807) is 6.07 Å². The summed E-state index contributed by atoms with van der Waals surface area (Å²) in [7, 11) is 1.21. The van der Waals surface area contributed by atoms with Crippen molar-refractivity contribution in [1.29, 1.82) is 0 Å². The van der Waals surface area contributed by atoms with E-state index in [1.165, 1.54) is 13.2 Å². The quantitative estimate of drug-likeness (QED) is 0.384. The number of alkyl halides is 2. The monoisotopic (exact) mass is 462 g/mol. The molecule has 0 heterocycles. The summed E-state index contributed by atoms with van der Waals surface area (Å²) in [6.07, 6.45) is 0. The van der Waals surface area contributed by atoms with Crippen molar-refractivity contribution in [3.8, 4) is 0 Å². The molecule has 2 nitrogen and oxygen atoms in total. The fourth-order valence-electron chi connectivity index (χ4n) is 1.08. The molecule has 110 valence electrons. The van der Waals surface area contributed by atoms with Crippen LogP contribution in [-0.4, -0.2) is 13.1 Å². The molecule has 0 atom stereocenters. The Hall–Kier alpha value is 0.0600. The Bertz CT molecular complexity index is 396. The van der Waals surface area contributed by atoms with E-state index < -0.39 is 11.8 Å². The van der Waals surface area contributed by atoms with Crippen molar-refractivity contribution in [1.82, 2.24) is 0 Å². The molecule has 0 aliphatic carbocycles. The first-order valence-corrected chi connectivity index (χ1v) is 8.45. The summed E-state index contributed by atoms with van der Waals surface area (Å²) in [6, 6.07) is 2.86. The van der Waals surface area contributed by atoms with Crippen LogP contribution >= 0.6 is 47.8 Å². The van der Waals surface area contributed by atoms with Gasteiger partial charge in [-0.05, 0) is 17.7 Å². The molecule has 0 saturated carbocycles. The van der Waals surface area contributed by atoms with Gasteiger partial charge in [-0.25, -0.2) is 9.18 Å². The predicted molar refractivity (Wildman–Crippen MR) is 88.7 cm³/mol. The minimum Gasteiger partial charge on any atom is -0.465 e. The van der Waals surface area contributed by atoms with Crippen molar-refractivity contribution in [2.24, 2.45) is 0 Å².